The highest BCUT2D eigenvalue weighted by Crippen LogP contribution is 2.32. The lowest BCUT2D eigenvalue weighted by Crippen LogP contribution is -2.58. The van der Waals surface area contributed by atoms with E-state index in [1.807, 2.05) is 29.2 Å². The normalized spacial score (nSPS) is 21.8. The lowest BCUT2D eigenvalue weighted by molar-refractivity contribution is -0.129. The van der Waals surface area contributed by atoms with Crippen LogP contribution in [0.2, 0.25) is 0 Å². The van der Waals surface area contributed by atoms with Crippen molar-refractivity contribution in [3.05, 3.63) is 29.8 Å². The van der Waals surface area contributed by atoms with E-state index >= 15 is 0 Å². The Kier molecular flexibility index (Phi) is 6.38. The number of carbonyl (C=O) groups excluding carboxylic acids is 2. The molecule has 0 radical (unpaired) electrons. The summed E-state index contributed by atoms with van der Waals surface area (Å²) in [7, 11) is 1.62. The fourth-order valence-corrected chi connectivity index (χ4v) is 4.74. The van der Waals surface area contributed by atoms with Crippen molar-refractivity contribution < 1.29 is 14.3 Å². The summed E-state index contributed by atoms with van der Waals surface area (Å²) in [6, 6.07) is 7.25. The Hall–Kier alpha value is -2.08. The first-order valence-electron chi connectivity index (χ1n) is 11.1. The van der Waals surface area contributed by atoms with E-state index in [1.54, 1.807) is 7.11 Å². The minimum Gasteiger partial charge on any atom is -0.497 e. The van der Waals surface area contributed by atoms with Gasteiger partial charge in [0.15, 0.2) is 0 Å². The van der Waals surface area contributed by atoms with Crippen LogP contribution in [-0.4, -0.2) is 67.5 Å². The van der Waals surface area contributed by atoms with E-state index in [-0.39, 0.29) is 17.9 Å². The first kappa shape index (κ1) is 20.2. The number of nitrogens with one attached hydrogen (secondary N) is 1. The van der Waals surface area contributed by atoms with Crippen LogP contribution in [0.25, 0.3) is 0 Å². The number of nitrogens with zero attached hydrogens (tertiary/aromatic N) is 2. The van der Waals surface area contributed by atoms with Crippen LogP contribution >= 0.6 is 0 Å². The molecule has 158 valence electrons. The fraction of sp³-hybridized carbons (Fsp3) is 0.652. The molecular weight excluding hydrogens is 366 g/mol. The van der Waals surface area contributed by atoms with Crippen LogP contribution in [0.4, 0.5) is 0 Å². The van der Waals surface area contributed by atoms with Crippen LogP contribution in [-0.2, 0) is 4.79 Å². The molecule has 0 aromatic heterocycles. The first-order valence-corrected chi connectivity index (χ1v) is 11.1. The van der Waals surface area contributed by atoms with Gasteiger partial charge in [0.05, 0.1) is 13.2 Å². The quantitative estimate of drug-likeness (QED) is 0.765. The summed E-state index contributed by atoms with van der Waals surface area (Å²) >= 11 is 0. The number of methoxy groups -OCH3 is 1. The minimum atomic E-state index is -0.0329. The Morgan fingerprint density at radius 2 is 1.69 bits per heavy atom. The Balaban J connectivity index is 1.36. The molecule has 0 bridgehead atoms. The zero-order valence-electron chi connectivity index (χ0n) is 17.4. The van der Waals surface area contributed by atoms with Gasteiger partial charge in [-0.15, -0.1) is 0 Å². The molecule has 1 atom stereocenters. The second-order valence-corrected chi connectivity index (χ2v) is 8.73. The van der Waals surface area contributed by atoms with Gasteiger partial charge in [0.2, 0.25) is 5.91 Å². The minimum absolute atomic E-state index is 0.0329. The number of benzene rings is 1. The third-order valence-corrected chi connectivity index (χ3v) is 6.71. The molecule has 4 rings (SSSR count). The summed E-state index contributed by atoms with van der Waals surface area (Å²) in [6.07, 6.45) is 7.25. The van der Waals surface area contributed by atoms with Gasteiger partial charge in [0, 0.05) is 38.3 Å². The van der Waals surface area contributed by atoms with Crippen molar-refractivity contribution in [1.29, 1.82) is 0 Å². The predicted molar refractivity (Wildman–Crippen MR) is 112 cm³/mol. The second-order valence-electron chi connectivity index (χ2n) is 8.73. The molecule has 2 saturated carbocycles. The molecule has 1 aromatic carbocycles. The van der Waals surface area contributed by atoms with Gasteiger partial charge in [-0.05, 0) is 61.8 Å². The molecular formula is C23H33N3O3. The Morgan fingerprint density at radius 1 is 1.03 bits per heavy atom. The molecule has 3 fully saturated rings. The number of amides is 2. The van der Waals surface area contributed by atoms with Crippen LogP contribution in [0, 0.1) is 11.8 Å². The average Bonchev–Trinajstić information content (AvgIpc) is 3.45. The summed E-state index contributed by atoms with van der Waals surface area (Å²) < 4.78 is 5.17. The number of piperazine rings is 1. The predicted octanol–water partition coefficient (Wildman–Crippen LogP) is 2.54. The van der Waals surface area contributed by atoms with Gasteiger partial charge >= 0.3 is 0 Å². The van der Waals surface area contributed by atoms with Crippen molar-refractivity contribution >= 4 is 11.8 Å². The lowest BCUT2D eigenvalue weighted by Gasteiger charge is -2.40. The van der Waals surface area contributed by atoms with Gasteiger partial charge < -0.3 is 15.0 Å². The summed E-state index contributed by atoms with van der Waals surface area (Å²) in [6.45, 7) is 3.70. The third-order valence-electron chi connectivity index (χ3n) is 6.71. The third kappa shape index (κ3) is 4.92. The number of hydrogen-bond donors (Lipinski definition) is 1. The molecule has 1 aliphatic heterocycles. The highest BCUT2D eigenvalue weighted by molar-refractivity contribution is 5.94. The summed E-state index contributed by atoms with van der Waals surface area (Å²) in [5, 5.41) is 3.22. The molecule has 1 N–H and O–H groups in total. The van der Waals surface area contributed by atoms with Gasteiger partial charge in [-0.1, -0.05) is 12.8 Å². The molecule has 6 nitrogen and oxygen atoms in total. The van der Waals surface area contributed by atoms with E-state index in [0.717, 1.165) is 38.2 Å². The molecule has 1 aromatic rings. The first-order chi connectivity index (χ1) is 14.2. The molecule has 3 aliphatic rings. The molecule has 6 heteroatoms. The maximum atomic E-state index is 13.0. The smallest absolute Gasteiger partial charge is 0.253 e. The Morgan fingerprint density at radius 3 is 2.28 bits per heavy atom. The van der Waals surface area contributed by atoms with E-state index < -0.39 is 0 Å². The van der Waals surface area contributed by atoms with Crippen molar-refractivity contribution in [1.82, 2.24) is 15.1 Å². The number of rotatable bonds is 7. The average molecular weight is 400 g/mol. The summed E-state index contributed by atoms with van der Waals surface area (Å²) in [5.74, 6) is 2.17. The maximum absolute atomic E-state index is 13.0. The van der Waals surface area contributed by atoms with Crippen LogP contribution in [0.1, 0.15) is 48.9 Å². The van der Waals surface area contributed by atoms with Gasteiger partial charge in [-0.3, -0.25) is 14.5 Å². The van der Waals surface area contributed by atoms with Crippen molar-refractivity contribution in [3.8, 4) is 5.75 Å². The van der Waals surface area contributed by atoms with Crippen LogP contribution in [0.5, 0.6) is 5.75 Å². The van der Waals surface area contributed by atoms with Crippen molar-refractivity contribution in [2.24, 2.45) is 11.8 Å². The van der Waals surface area contributed by atoms with E-state index in [9.17, 15) is 9.59 Å². The summed E-state index contributed by atoms with van der Waals surface area (Å²) in [5.41, 5.74) is 0.689. The largest absolute Gasteiger partial charge is 0.497 e. The van der Waals surface area contributed by atoms with Gasteiger partial charge in [0.1, 0.15) is 5.75 Å². The number of hydrogen-bond acceptors (Lipinski definition) is 4. The highest BCUT2D eigenvalue weighted by Gasteiger charge is 2.37. The van der Waals surface area contributed by atoms with Crippen LogP contribution in [0.15, 0.2) is 24.3 Å². The molecule has 1 unspecified atom stereocenters. The topological polar surface area (TPSA) is 61.9 Å². The van der Waals surface area contributed by atoms with E-state index in [2.05, 4.69) is 10.2 Å². The van der Waals surface area contributed by atoms with Crippen LogP contribution < -0.4 is 10.1 Å². The van der Waals surface area contributed by atoms with Crippen LogP contribution in [0.3, 0.4) is 0 Å². The van der Waals surface area contributed by atoms with Crippen molar-refractivity contribution in [3.63, 3.8) is 0 Å². The van der Waals surface area contributed by atoms with E-state index in [4.69, 9.17) is 4.74 Å². The SMILES string of the molecule is COc1ccc(C(=O)N2CCN(C(C(=O)NCC3CC3)C3CCCC3)CC2)cc1. The molecule has 29 heavy (non-hydrogen) atoms. The Bertz CT molecular complexity index is 703. The van der Waals surface area contributed by atoms with E-state index in [0.29, 0.717) is 30.5 Å². The van der Waals surface area contributed by atoms with Crippen molar-refractivity contribution in [2.45, 2.75) is 44.6 Å². The molecule has 2 amide bonds. The maximum Gasteiger partial charge on any atom is 0.253 e. The fourth-order valence-electron chi connectivity index (χ4n) is 4.74. The zero-order valence-corrected chi connectivity index (χ0v) is 17.4. The highest BCUT2D eigenvalue weighted by atomic mass is 16.5. The molecule has 2 aliphatic carbocycles. The number of carbonyl (C=O) groups is 2. The van der Waals surface area contributed by atoms with Crippen molar-refractivity contribution in [2.75, 3.05) is 39.8 Å². The van der Waals surface area contributed by atoms with Gasteiger partial charge in [-0.2, -0.15) is 0 Å². The van der Waals surface area contributed by atoms with Gasteiger partial charge in [-0.25, -0.2) is 0 Å². The molecule has 1 heterocycles. The molecule has 1 saturated heterocycles. The molecule has 0 spiro atoms. The van der Waals surface area contributed by atoms with Gasteiger partial charge in [0.25, 0.3) is 5.91 Å². The second kappa shape index (κ2) is 9.16. The number of ether oxygens (including phenoxy) is 1. The summed E-state index contributed by atoms with van der Waals surface area (Å²) in [4.78, 5) is 30.1. The standard InChI is InChI=1S/C23H33N3O3/c1-29-20-10-8-19(9-11-20)23(28)26-14-12-25(13-15-26)21(18-4-2-3-5-18)22(27)24-16-17-6-7-17/h8-11,17-18,21H,2-7,12-16H2,1H3,(H,24,27). The van der Waals surface area contributed by atoms with E-state index in [1.165, 1.54) is 25.7 Å². The zero-order chi connectivity index (χ0) is 20.2. The monoisotopic (exact) mass is 399 g/mol. The lowest BCUT2D eigenvalue weighted by atomic mass is 9.95. The Labute approximate surface area is 173 Å².